The third-order valence-corrected chi connectivity index (χ3v) is 5.41. The molecule has 2 unspecified atom stereocenters. The Kier molecular flexibility index (Phi) is 5.61. The predicted octanol–water partition coefficient (Wildman–Crippen LogP) is 1.63. The molecule has 2 rings (SSSR count). The second kappa shape index (κ2) is 7.24. The van der Waals surface area contributed by atoms with Crippen molar-refractivity contribution in [1.29, 1.82) is 0 Å². The lowest BCUT2D eigenvalue weighted by molar-refractivity contribution is 0.296. The SMILES string of the molecule is COc1cccc(CS(=O)(=O)NC2CCCCC2CN)c1. The molecule has 0 spiro atoms. The highest BCUT2D eigenvalue weighted by atomic mass is 32.2. The zero-order valence-electron chi connectivity index (χ0n) is 12.4. The average molecular weight is 312 g/mol. The predicted molar refractivity (Wildman–Crippen MR) is 83.6 cm³/mol. The monoisotopic (exact) mass is 312 g/mol. The van der Waals surface area contributed by atoms with E-state index >= 15 is 0 Å². The molecule has 1 aliphatic carbocycles. The third kappa shape index (κ3) is 4.69. The van der Waals surface area contributed by atoms with Crippen LogP contribution in [-0.4, -0.2) is 28.1 Å². The van der Waals surface area contributed by atoms with Crippen molar-refractivity contribution in [3.8, 4) is 5.75 Å². The molecule has 0 bridgehead atoms. The highest BCUT2D eigenvalue weighted by Crippen LogP contribution is 2.24. The first-order chi connectivity index (χ1) is 10.0. The molecule has 1 aromatic carbocycles. The standard InChI is InChI=1S/C15H24N2O3S/c1-20-14-7-4-5-12(9-14)11-21(18,19)17-15-8-3-2-6-13(15)10-16/h4-5,7,9,13,15,17H,2-3,6,8,10-11,16H2,1H3. The number of hydrogen-bond donors (Lipinski definition) is 2. The number of benzene rings is 1. The summed E-state index contributed by atoms with van der Waals surface area (Å²) in [5, 5.41) is 0. The summed E-state index contributed by atoms with van der Waals surface area (Å²) in [6.07, 6.45) is 4.07. The summed E-state index contributed by atoms with van der Waals surface area (Å²) < 4.78 is 32.6. The number of nitrogens with two attached hydrogens (primary N) is 1. The van der Waals surface area contributed by atoms with Crippen LogP contribution in [0.25, 0.3) is 0 Å². The van der Waals surface area contributed by atoms with Crippen LogP contribution in [0.3, 0.4) is 0 Å². The maximum atomic E-state index is 12.3. The minimum atomic E-state index is -3.36. The molecule has 0 radical (unpaired) electrons. The first kappa shape index (κ1) is 16.3. The Morgan fingerprint density at radius 3 is 2.81 bits per heavy atom. The van der Waals surface area contributed by atoms with E-state index in [9.17, 15) is 8.42 Å². The van der Waals surface area contributed by atoms with Crippen molar-refractivity contribution in [2.75, 3.05) is 13.7 Å². The quantitative estimate of drug-likeness (QED) is 0.836. The third-order valence-electron chi connectivity index (χ3n) is 4.03. The summed E-state index contributed by atoms with van der Waals surface area (Å²) >= 11 is 0. The van der Waals surface area contributed by atoms with Gasteiger partial charge in [-0.15, -0.1) is 0 Å². The van der Waals surface area contributed by atoms with Gasteiger partial charge in [0.2, 0.25) is 10.0 Å². The maximum Gasteiger partial charge on any atom is 0.216 e. The lowest BCUT2D eigenvalue weighted by Gasteiger charge is -2.31. The van der Waals surface area contributed by atoms with Crippen LogP contribution in [0, 0.1) is 5.92 Å². The smallest absolute Gasteiger partial charge is 0.216 e. The van der Waals surface area contributed by atoms with Gasteiger partial charge in [0.05, 0.1) is 12.9 Å². The van der Waals surface area contributed by atoms with Crippen LogP contribution in [0.5, 0.6) is 5.75 Å². The highest BCUT2D eigenvalue weighted by molar-refractivity contribution is 7.88. The zero-order chi connectivity index (χ0) is 15.3. The molecule has 0 aromatic heterocycles. The molecule has 1 aromatic rings. The Bertz CT molecular complexity index is 560. The molecule has 5 nitrogen and oxygen atoms in total. The minimum Gasteiger partial charge on any atom is -0.497 e. The summed E-state index contributed by atoms with van der Waals surface area (Å²) in [4.78, 5) is 0. The Labute approximate surface area is 126 Å². The van der Waals surface area contributed by atoms with E-state index in [-0.39, 0.29) is 17.7 Å². The molecule has 1 fully saturated rings. The van der Waals surface area contributed by atoms with E-state index in [4.69, 9.17) is 10.5 Å². The maximum absolute atomic E-state index is 12.3. The Morgan fingerprint density at radius 1 is 1.33 bits per heavy atom. The summed E-state index contributed by atoms with van der Waals surface area (Å²) in [7, 11) is -1.79. The number of methoxy groups -OCH3 is 1. The van der Waals surface area contributed by atoms with E-state index in [1.165, 1.54) is 0 Å². The highest BCUT2D eigenvalue weighted by Gasteiger charge is 2.27. The van der Waals surface area contributed by atoms with Crippen molar-refractivity contribution < 1.29 is 13.2 Å². The van der Waals surface area contributed by atoms with E-state index in [1.54, 1.807) is 31.4 Å². The average Bonchev–Trinajstić information content (AvgIpc) is 2.47. The molecule has 21 heavy (non-hydrogen) atoms. The number of rotatable bonds is 6. The van der Waals surface area contributed by atoms with Crippen LogP contribution in [0.1, 0.15) is 31.2 Å². The van der Waals surface area contributed by atoms with Gasteiger partial charge in [-0.05, 0) is 43.0 Å². The molecule has 0 aliphatic heterocycles. The minimum absolute atomic E-state index is 0.0284. The fraction of sp³-hybridized carbons (Fsp3) is 0.600. The van der Waals surface area contributed by atoms with Crippen molar-refractivity contribution in [3.05, 3.63) is 29.8 Å². The lowest BCUT2D eigenvalue weighted by Crippen LogP contribution is -2.45. The first-order valence-corrected chi connectivity index (χ1v) is 9.02. The molecule has 0 amide bonds. The summed E-state index contributed by atoms with van der Waals surface area (Å²) in [6, 6.07) is 7.12. The van der Waals surface area contributed by atoms with Gasteiger partial charge < -0.3 is 10.5 Å². The van der Waals surface area contributed by atoms with E-state index in [2.05, 4.69) is 4.72 Å². The van der Waals surface area contributed by atoms with Gasteiger partial charge in [-0.25, -0.2) is 13.1 Å². The molecule has 0 saturated heterocycles. The second-order valence-corrected chi connectivity index (χ2v) is 7.37. The summed E-state index contributed by atoms with van der Waals surface area (Å²) in [5.74, 6) is 0.886. The van der Waals surface area contributed by atoms with Gasteiger partial charge in [0.25, 0.3) is 0 Å². The molecule has 1 aliphatic rings. The van der Waals surface area contributed by atoms with Crippen molar-refractivity contribution in [3.63, 3.8) is 0 Å². The van der Waals surface area contributed by atoms with Crippen LogP contribution in [-0.2, 0) is 15.8 Å². The number of nitrogens with one attached hydrogen (secondary N) is 1. The molecule has 3 N–H and O–H groups in total. The van der Waals surface area contributed by atoms with Gasteiger partial charge in [-0.1, -0.05) is 25.0 Å². The summed E-state index contributed by atoms with van der Waals surface area (Å²) in [5.41, 5.74) is 6.48. The zero-order valence-corrected chi connectivity index (χ0v) is 13.2. The van der Waals surface area contributed by atoms with Crippen molar-refractivity contribution in [2.24, 2.45) is 11.7 Å². The number of hydrogen-bond acceptors (Lipinski definition) is 4. The number of ether oxygens (including phenoxy) is 1. The van der Waals surface area contributed by atoms with E-state index < -0.39 is 10.0 Å². The molecule has 6 heteroatoms. The molecule has 0 heterocycles. The number of sulfonamides is 1. The summed E-state index contributed by atoms with van der Waals surface area (Å²) in [6.45, 7) is 0.534. The van der Waals surface area contributed by atoms with Gasteiger partial charge >= 0.3 is 0 Å². The van der Waals surface area contributed by atoms with E-state index in [1.807, 2.05) is 0 Å². The Hall–Kier alpha value is -1.11. The fourth-order valence-electron chi connectivity index (χ4n) is 2.90. The van der Waals surface area contributed by atoms with Gasteiger partial charge in [0, 0.05) is 6.04 Å². The topological polar surface area (TPSA) is 81.4 Å². The Balaban J connectivity index is 2.03. The van der Waals surface area contributed by atoms with Crippen LogP contribution in [0.15, 0.2) is 24.3 Å². The van der Waals surface area contributed by atoms with Gasteiger partial charge in [0.15, 0.2) is 0 Å². The van der Waals surface area contributed by atoms with Crippen molar-refractivity contribution in [1.82, 2.24) is 4.72 Å². The largest absolute Gasteiger partial charge is 0.497 e. The Morgan fingerprint density at radius 2 is 2.10 bits per heavy atom. The second-order valence-electron chi connectivity index (χ2n) is 5.62. The van der Waals surface area contributed by atoms with Crippen molar-refractivity contribution in [2.45, 2.75) is 37.5 Å². The molecule has 2 atom stereocenters. The first-order valence-electron chi connectivity index (χ1n) is 7.37. The van der Waals surface area contributed by atoms with Gasteiger partial charge in [-0.3, -0.25) is 0 Å². The van der Waals surface area contributed by atoms with E-state index in [0.717, 1.165) is 31.2 Å². The van der Waals surface area contributed by atoms with Crippen LogP contribution in [0.2, 0.25) is 0 Å². The normalized spacial score (nSPS) is 23.0. The van der Waals surface area contributed by atoms with Gasteiger partial charge in [0.1, 0.15) is 5.75 Å². The fourth-order valence-corrected chi connectivity index (χ4v) is 4.37. The molecular weight excluding hydrogens is 288 g/mol. The molecule has 1 saturated carbocycles. The molecule has 118 valence electrons. The van der Waals surface area contributed by atoms with Crippen LogP contribution >= 0.6 is 0 Å². The molecular formula is C15H24N2O3S. The van der Waals surface area contributed by atoms with E-state index in [0.29, 0.717) is 12.3 Å². The lowest BCUT2D eigenvalue weighted by atomic mass is 9.85. The van der Waals surface area contributed by atoms with Crippen LogP contribution in [0.4, 0.5) is 0 Å². The van der Waals surface area contributed by atoms with Gasteiger partial charge in [-0.2, -0.15) is 0 Å². The van der Waals surface area contributed by atoms with Crippen LogP contribution < -0.4 is 15.2 Å². The van der Waals surface area contributed by atoms with Crippen molar-refractivity contribution >= 4 is 10.0 Å².